The highest BCUT2D eigenvalue weighted by Crippen LogP contribution is 2.29. The second-order valence-electron chi connectivity index (χ2n) is 7.85. The molecular formula is C27H27N3O3. The lowest BCUT2D eigenvalue weighted by molar-refractivity contribution is -0.129. The SMILES string of the molecule is COc1ccccc1C(C)C[C@H](NC(=O)c1ccc(-c2ccccc2)cc1)C(=O)N(C)C#N. The lowest BCUT2D eigenvalue weighted by atomic mass is 9.92. The molecule has 0 saturated heterocycles. The Kier molecular flexibility index (Phi) is 7.82. The van der Waals surface area contributed by atoms with Crippen LogP contribution in [0.25, 0.3) is 11.1 Å². The summed E-state index contributed by atoms with van der Waals surface area (Å²) in [5.74, 6) is -0.212. The maximum absolute atomic E-state index is 13.0. The topological polar surface area (TPSA) is 82.4 Å². The van der Waals surface area contributed by atoms with E-state index in [4.69, 9.17) is 4.74 Å². The van der Waals surface area contributed by atoms with Gasteiger partial charge in [0.2, 0.25) is 0 Å². The Labute approximate surface area is 194 Å². The highest BCUT2D eigenvalue weighted by Gasteiger charge is 2.28. The zero-order chi connectivity index (χ0) is 23.8. The molecule has 0 aliphatic carbocycles. The van der Waals surface area contributed by atoms with Crippen LogP contribution in [0.1, 0.15) is 35.2 Å². The number of ether oxygens (including phenoxy) is 1. The predicted octanol–water partition coefficient (Wildman–Crippen LogP) is 4.59. The molecule has 33 heavy (non-hydrogen) atoms. The highest BCUT2D eigenvalue weighted by atomic mass is 16.5. The van der Waals surface area contributed by atoms with Gasteiger partial charge in [-0.05, 0) is 47.2 Å². The maximum atomic E-state index is 13.0. The molecule has 2 amide bonds. The molecule has 0 bridgehead atoms. The number of nitriles is 1. The molecule has 3 aromatic carbocycles. The summed E-state index contributed by atoms with van der Waals surface area (Å²) >= 11 is 0. The van der Waals surface area contributed by atoms with Gasteiger partial charge in [-0.25, -0.2) is 0 Å². The largest absolute Gasteiger partial charge is 0.496 e. The number of nitrogens with one attached hydrogen (secondary N) is 1. The first-order valence-electron chi connectivity index (χ1n) is 10.7. The van der Waals surface area contributed by atoms with Crippen LogP contribution in [0.5, 0.6) is 5.75 Å². The first-order valence-corrected chi connectivity index (χ1v) is 10.7. The van der Waals surface area contributed by atoms with E-state index in [2.05, 4.69) is 5.32 Å². The third kappa shape index (κ3) is 5.78. The van der Waals surface area contributed by atoms with Crippen LogP contribution in [0, 0.1) is 11.5 Å². The Balaban J connectivity index is 1.79. The zero-order valence-corrected chi connectivity index (χ0v) is 19.0. The molecule has 0 aromatic heterocycles. The van der Waals surface area contributed by atoms with Crippen molar-refractivity contribution in [1.82, 2.24) is 10.2 Å². The molecule has 0 aliphatic heterocycles. The van der Waals surface area contributed by atoms with Crippen molar-refractivity contribution < 1.29 is 14.3 Å². The monoisotopic (exact) mass is 441 g/mol. The van der Waals surface area contributed by atoms with Crippen LogP contribution in [0.2, 0.25) is 0 Å². The summed E-state index contributed by atoms with van der Waals surface area (Å²) in [5, 5.41) is 12.0. The molecule has 0 fully saturated rings. The van der Waals surface area contributed by atoms with Crippen LogP contribution in [-0.4, -0.2) is 36.9 Å². The molecule has 1 unspecified atom stereocenters. The average Bonchev–Trinajstić information content (AvgIpc) is 2.87. The Morgan fingerprint density at radius 2 is 1.58 bits per heavy atom. The van der Waals surface area contributed by atoms with Crippen molar-refractivity contribution >= 4 is 11.8 Å². The van der Waals surface area contributed by atoms with Gasteiger partial charge < -0.3 is 10.1 Å². The number of carbonyl (C=O) groups excluding carboxylic acids is 2. The van der Waals surface area contributed by atoms with E-state index in [1.165, 1.54) is 7.05 Å². The molecule has 2 atom stereocenters. The average molecular weight is 442 g/mol. The lowest BCUT2D eigenvalue weighted by Gasteiger charge is -2.24. The van der Waals surface area contributed by atoms with Gasteiger partial charge in [-0.15, -0.1) is 0 Å². The van der Waals surface area contributed by atoms with Crippen LogP contribution >= 0.6 is 0 Å². The maximum Gasteiger partial charge on any atom is 0.257 e. The summed E-state index contributed by atoms with van der Waals surface area (Å²) in [6.07, 6.45) is 2.15. The molecule has 0 saturated carbocycles. The minimum atomic E-state index is -0.865. The minimum Gasteiger partial charge on any atom is -0.496 e. The van der Waals surface area contributed by atoms with Crippen LogP contribution in [0.15, 0.2) is 78.9 Å². The van der Waals surface area contributed by atoms with E-state index in [1.807, 2.05) is 79.8 Å². The molecule has 6 nitrogen and oxygen atoms in total. The Morgan fingerprint density at radius 3 is 2.21 bits per heavy atom. The Morgan fingerprint density at radius 1 is 0.970 bits per heavy atom. The number of benzene rings is 3. The fourth-order valence-corrected chi connectivity index (χ4v) is 3.74. The van der Waals surface area contributed by atoms with Crippen LogP contribution in [-0.2, 0) is 4.79 Å². The number of hydrogen-bond acceptors (Lipinski definition) is 4. The van der Waals surface area contributed by atoms with Gasteiger partial charge in [-0.2, -0.15) is 5.26 Å². The van der Waals surface area contributed by atoms with Gasteiger partial charge in [0.25, 0.3) is 11.8 Å². The molecule has 3 aromatic rings. The van der Waals surface area contributed by atoms with E-state index in [0.717, 1.165) is 21.6 Å². The third-order valence-electron chi connectivity index (χ3n) is 5.60. The van der Waals surface area contributed by atoms with Gasteiger partial charge in [0.05, 0.1) is 7.11 Å². The molecule has 168 valence electrons. The number of rotatable bonds is 8. The Bertz CT molecular complexity index is 1140. The van der Waals surface area contributed by atoms with E-state index in [1.54, 1.807) is 19.2 Å². The van der Waals surface area contributed by atoms with Crippen LogP contribution in [0.4, 0.5) is 0 Å². The molecule has 0 aliphatic rings. The number of methoxy groups -OCH3 is 1. The van der Waals surface area contributed by atoms with Crippen LogP contribution in [0.3, 0.4) is 0 Å². The summed E-state index contributed by atoms with van der Waals surface area (Å²) in [5.41, 5.74) is 3.42. The molecule has 0 radical (unpaired) electrons. The van der Waals surface area contributed by atoms with Crippen molar-refractivity contribution in [2.45, 2.75) is 25.3 Å². The van der Waals surface area contributed by atoms with Gasteiger partial charge in [-0.3, -0.25) is 14.5 Å². The van der Waals surface area contributed by atoms with Gasteiger partial charge in [0, 0.05) is 12.6 Å². The molecule has 0 spiro atoms. The second-order valence-corrected chi connectivity index (χ2v) is 7.85. The number of hydrogen-bond donors (Lipinski definition) is 1. The molecule has 3 rings (SSSR count). The second kappa shape index (κ2) is 11.0. The fourth-order valence-electron chi connectivity index (χ4n) is 3.74. The van der Waals surface area contributed by atoms with E-state index in [0.29, 0.717) is 17.7 Å². The van der Waals surface area contributed by atoms with Crippen molar-refractivity contribution in [3.63, 3.8) is 0 Å². The quantitative estimate of drug-likeness (QED) is 0.409. The van der Waals surface area contributed by atoms with Crippen LogP contribution < -0.4 is 10.1 Å². The predicted molar refractivity (Wildman–Crippen MR) is 128 cm³/mol. The van der Waals surface area contributed by atoms with E-state index < -0.39 is 11.9 Å². The van der Waals surface area contributed by atoms with Gasteiger partial charge >= 0.3 is 0 Å². The number of amides is 2. The fraction of sp³-hybridized carbons (Fsp3) is 0.222. The first kappa shape index (κ1) is 23.6. The van der Waals surface area contributed by atoms with Crippen molar-refractivity contribution in [1.29, 1.82) is 5.26 Å². The molecule has 6 heteroatoms. The van der Waals surface area contributed by atoms with Gasteiger partial charge in [-0.1, -0.05) is 67.6 Å². The summed E-state index contributed by atoms with van der Waals surface area (Å²) < 4.78 is 5.44. The Hall–Kier alpha value is -4.11. The zero-order valence-electron chi connectivity index (χ0n) is 19.0. The summed E-state index contributed by atoms with van der Waals surface area (Å²) in [4.78, 5) is 26.8. The van der Waals surface area contributed by atoms with Crippen molar-refractivity contribution in [3.05, 3.63) is 90.0 Å². The van der Waals surface area contributed by atoms with Gasteiger partial charge in [0.1, 0.15) is 11.8 Å². The summed E-state index contributed by atoms with van der Waals surface area (Å²) in [6, 6.07) is 23.8. The number of para-hydroxylation sites is 1. The standard InChI is InChI=1S/C27H27N3O3/c1-19(23-11-7-8-12-25(23)33-3)17-24(27(32)30(2)18-28)29-26(31)22-15-13-21(14-16-22)20-9-5-4-6-10-20/h4-16,19,24H,17H2,1-3H3,(H,29,31)/t19?,24-/m0/s1. The summed E-state index contributed by atoms with van der Waals surface area (Å²) in [7, 11) is 2.99. The molecule has 0 heterocycles. The third-order valence-corrected chi connectivity index (χ3v) is 5.60. The van der Waals surface area contributed by atoms with Crippen molar-refractivity contribution in [3.8, 4) is 23.1 Å². The number of nitrogens with zero attached hydrogens (tertiary/aromatic N) is 2. The normalized spacial score (nSPS) is 12.2. The van der Waals surface area contributed by atoms with E-state index >= 15 is 0 Å². The van der Waals surface area contributed by atoms with Gasteiger partial charge in [0.15, 0.2) is 6.19 Å². The lowest BCUT2D eigenvalue weighted by Crippen LogP contribution is -2.46. The van der Waals surface area contributed by atoms with E-state index in [-0.39, 0.29) is 11.8 Å². The molecular weight excluding hydrogens is 414 g/mol. The minimum absolute atomic E-state index is 0.0945. The molecule has 1 N–H and O–H groups in total. The number of likely N-dealkylation sites (N-methyl/N-ethyl adjacent to an activating group) is 1. The van der Waals surface area contributed by atoms with E-state index in [9.17, 15) is 14.9 Å². The summed E-state index contributed by atoms with van der Waals surface area (Å²) in [6.45, 7) is 1.96. The number of carbonyl (C=O) groups is 2. The van der Waals surface area contributed by atoms with Crippen molar-refractivity contribution in [2.75, 3.05) is 14.2 Å². The van der Waals surface area contributed by atoms with Crippen molar-refractivity contribution in [2.24, 2.45) is 0 Å². The first-order chi connectivity index (χ1) is 15.9. The smallest absolute Gasteiger partial charge is 0.257 e. The highest BCUT2D eigenvalue weighted by molar-refractivity contribution is 5.98.